The maximum absolute atomic E-state index is 12.2. The summed E-state index contributed by atoms with van der Waals surface area (Å²) in [7, 11) is -6.00. The molecule has 8 heteroatoms. The van der Waals surface area contributed by atoms with E-state index in [1.54, 1.807) is 6.26 Å². The summed E-state index contributed by atoms with van der Waals surface area (Å²) in [5, 5.41) is 2.13. The average molecular weight is 325 g/mol. The fraction of sp³-hybridized carbons (Fsp3) is 0.200. The third-order valence-corrected chi connectivity index (χ3v) is 3.67. The number of H-pyrrole nitrogens is 1. The van der Waals surface area contributed by atoms with Crippen molar-refractivity contribution in [3.63, 3.8) is 0 Å². The van der Waals surface area contributed by atoms with Gasteiger partial charge in [-0.05, 0) is 12.5 Å². The van der Waals surface area contributed by atoms with E-state index in [0.29, 0.717) is 6.42 Å². The normalized spacial score (nSPS) is 14.5. The van der Waals surface area contributed by atoms with Crippen LogP contribution in [0.5, 0.6) is 0 Å². The van der Waals surface area contributed by atoms with E-state index in [-0.39, 0.29) is 5.78 Å². The zero-order valence-corrected chi connectivity index (χ0v) is 11.9. The quantitative estimate of drug-likeness (QED) is 0.358. The van der Waals surface area contributed by atoms with E-state index in [4.69, 9.17) is 4.42 Å². The third kappa shape index (κ3) is 3.20. The second kappa shape index (κ2) is 5.68. The van der Waals surface area contributed by atoms with Gasteiger partial charge in [-0.15, -0.1) is 0 Å². The smallest absolute Gasteiger partial charge is 0.418 e. The molecule has 120 valence electrons. The van der Waals surface area contributed by atoms with Crippen molar-refractivity contribution in [2.75, 3.05) is 0 Å². The number of carbonyl (C=O) groups is 1. The fourth-order valence-corrected chi connectivity index (χ4v) is 2.86. The number of para-hydroxylation sites is 1. The lowest BCUT2D eigenvalue weighted by atomic mass is 9.92. The van der Waals surface area contributed by atoms with Crippen molar-refractivity contribution in [3.8, 4) is 0 Å². The SMILES string of the molecule is F[B-](F)(F)F.O=C1CCCc2[o+]cc3[nH]c4ccccc4c3c21. The van der Waals surface area contributed by atoms with E-state index in [0.717, 1.165) is 46.0 Å². The van der Waals surface area contributed by atoms with E-state index in [1.165, 1.54) is 0 Å². The van der Waals surface area contributed by atoms with Crippen molar-refractivity contribution in [1.29, 1.82) is 0 Å². The van der Waals surface area contributed by atoms with E-state index in [9.17, 15) is 22.1 Å². The van der Waals surface area contributed by atoms with Crippen LogP contribution >= 0.6 is 0 Å². The Hall–Kier alpha value is -2.38. The summed E-state index contributed by atoms with van der Waals surface area (Å²) in [6.07, 6.45) is 4.10. The maximum Gasteiger partial charge on any atom is 0.673 e. The van der Waals surface area contributed by atoms with Gasteiger partial charge in [0.1, 0.15) is 11.1 Å². The number of fused-ring (bicyclic) bond motifs is 5. The zero-order chi connectivity index (χ0) is 16.6. The van der Waals surface area contributed by atoms with E-state index in [1.807, 2.05) is 18.2 Å². The molecule has 3 aromatic rings. The van der Waals surface area contributed by atoms with Crippen molar-refractivity contribution >= 4 is 34.8 Å². The number of halogens is 4. The van der Waals surface area contributed by atoms with Gasteiger partial charge in [0, 0.05) is 22.7 Å². The van der Waals surface area contributed by atoms with Gasteiger partial charge in [-0.1, -0.05) is 18.2 Å². The molecule has 0 fully saturated rings. The number of carbonyl (C=O) groups excluding carboxylic acids is 1. The van der Waals surface area contributed by atoms with Gasteiger partial charge in [-0.2, -0.15) is 0 Å². The van der Waals surface area contributed by atoms with Crippen LogP contribution in [-0.2, 0) is 6.42 Å². The molecule has 0 unspecified atom stereocenters. The number of rotatable bonds is 0. The third-order valence-electron chi connectivity index (χ3n) is 3.67. The molecule has 0 atom stereocenters. The van der Waals surface area contributed by atoms with E-state index in [2.05, 4.69) is 11.1 Å². The second-order valence-corrected chi connectivity index (χ2v) is 5.26. The van der Waals surface area contributed by atoms with Crippen molar-refractivity contribution in [2.45, 2.75) is 19.3 Å². The number of aromatic amines is 1. The summed E-state index contributed by atoms with van der Waals surface area (Å²) in [5.74, 6) is 1.04. The van der Waals surface area contributed by atoms with Crippen LogP contribution in [0.3, 0.4) is 0 Å². The highest BCUT2D eigenvalue weighted by molar-refractivity contribution is 6.50. The molecule has 23 heavy (non-hydrogen) atoms. The molecule has 0 bridgehead atoms. The van der Waals surface area contributed by atoms with Crippen LogP contribution in [0.25, 0.3) is 21.8 Å². The number of hydrogen-bond donors (Lipinski definition) is 1. The Kier molecular flexibility index (Phi) is 3.83. The van der Waals surface area contributed by atoms with Crippen LogP contribution in [0, 0.1) is 0 Å². The average Bonchev–Trinajstić information content (AvgIpc) is 2.84. The number of Topliss-reactive ketones (excluding diaryl/α,β-unsaturated/α-hetero) is 1. The number of aryl methyl sites for hydroxylation is 1. The molecule has 0 radical (unpaired) electrons. The lowest BCUT2D eigenvalue weighted by molar-refractivity contribution is 0.0968. The Bertz CT molecular complexity index is 882. The van der Waals surface area contributed by atoms with Crippen molar-refractivity contribution in [3.05, 3.63) is 41.9 Å². The number of ketones is 1. The van der Waals surface area contributed by atoms with Crippen LogP contribution in [0.15, 0.2) is 34.9 Å². The number of hydrogen-bond acceptors (Lipinski definition) is 1. The molecule has 4 rings (SSSR count). The Morgan fingerprint density at radius 1 is 1.04 bits per heavy atom. The predicted octanol–water partition coefficient (Wildman–Crippen LogP) is 5.01. The Balaban J connectivity index is 0.000000276. The van der Waals surface area contributed by atoms with Gasteiger partial charge in [0.05, 0.1) is 6.42 Å². The minimum Gasteiger partial charge on any atom is -0.418 e. The first-order valence-electron chi connectivity index (χ1n) is 7.09. The van der Waals surface area contributed by atoms with Crippen molar-refractivity contribution in [1.82, 2.24) is 4.98 Å². The number of benzene rings is 1. The molecule has 2 aromatic heterocycles. The van der Waals surface area contributed by atoms with Gasteiger partial charge in [-0.3, -0.25) is 4.79 Å². The number of aromatic nitrogens is 1. The highest BCUT2D eigenvalue weighted by Crippen LogP contribution is 2.34. The molecule has 0 aliphatic heterocycles. The van der Waals surface area contributed by atoms with Gasteiger partial charge in [0.25, 0.3) is 0 Å². The summed E-state index contributed by atoms with van der Waals surface area (Å²) in [4.78, 5) is 15.5. The van der Waals surface area contributed by atoms with Gasteiger partial charge in [0.2, 0.25) is 0 Å². The monoisotopic (exact) mass is 325 g/mol. The van der Waals surface area contributed by atoms with Crippen LogP contribution in [0.2, 0.25) is 0 Å². The minimum absolute atomic E-state index is 0.204. The molecular weight excluding hydrogens is 313 g/mol. The predicted molar refractivity (Wildman–Crippen MR) is 79.9 cm³/mol. The molecule has 1 aliphatic rings. The first-order valence-corrected chi connectivity index (χ1v) is 7.09. The summed E-state index contributed by atoms with van der Waals surface area (Å²) in [6.45, 7) is 0. The van der Waals surface area contributed by atoms with Crippen LogP contribution in [0.1, 0.15) is 29.0 Å². The highest BCUT2D eigenvalue weighted by Gasteiger charge is 2.30. The second-order valence-electron chi connectivity index (χ2n) is 5.26. The Morgan fingerprint density at radius 2 is 1.74 bits per heavy atom. The van der Waals surface area contributed by atoms with Gasteiger partial charge >= 0.3 is 19.3 Å². The summed E-state index contributed by atoms with van der Waals surface area (Å²) in [6, 6.07) is 8.06. The molecule has 2 heterocycles. The van der Waals surface area contributed by atoms with E-state index >= 15 is 0 Å². The molecule has 1 aliphatic carbocycles. The lowest BCUT2D eigenvalue weighted by Crippen LogP contribution is -2.10. The maximum atomic E-state index is 12.2. The first-order chi connectivity index (χ1) is 10.8. The highest BCUT2D eigenvalue weighted by atomic mass is 19.5. The minimum atomic E-state index is -6.00. The number of nitrogens with one attached hydrogen (secondary N) is 1. The molecular formula is C15H12BF4NO2. The van der Waals surface area contributed by atoms with Crippen molar-refractivity contribution in [2.24, 2.45) is 0 Å². The lowest BCUT2D eigenvalue weighted by Gasteiger charge is -2.06. The van der Waals surface area contributed by atoms with Gasteiger partial charge in [-0.25, -0.2) is 4.42 Å². The van der Waals surface area contributed by atoms with Crippen LogP contribution in [-0.4, -0.2) is 18.0 Å². The largest absolute Gasteiger partial charge is 0.673 e. The first kappa shape index (κ1) is 15.5. The zero-order valence-electron chi connectivity index (χ0n) is 11.9. The summed E-state index contributed by atoms with van der Waals surface area (Å²) in [5.41, 5.74) is 2.75. The van der Waals surface area contributed by atoms with Gasteiger partial charge < -0.3 is 22.2 Å². The molecule has 0 amide bonds. The van der Waals surface area contributed by atoms with Gasteiger partial charge in [0.15, 0.2) is 5.78 Å². The standard InChI is InChI=1S/C15H11NO2.BF4/c17-12-6-3-7-13-15(12)14-9-4-1-2-5-10(9)16-11(14)8-18-13;2-1(3,4)5/h1-2,4-5,8H,3,6-7H2;/q;-1/p+1. The molecule has 3 nitrogen and oxygen atoms in total. The van der Waals surface area contributed by atoms with Crippen LogP contribution in [0.4, 0.5) is 17.3 Å². The van der Waals surface area contributed by atoms with E-state index < -0.39 is 7.25 Å². The fourth-order valence-electron chi connectivity index (χ4n) is 2.86. The molecule has 1 N–H and O–H groups in total. The Morgan fingerprint density at radius 3 is 2.48 bits per heavy atom. The molecule has 1 aromatic carbocycles. The summed E-state index contributed by atoms with van der Waals surface area (Å²) >= 11 is 0. The van der Waals surface area contributed by atoms with Crippen LogP contribution < -0.4 is 0 Å². The topological polar surface area (TPSA) is 44.2 Å². The molecule has 0 spiro atoms. The Labute approximate surface area is 128 Å². The molecule has 0 saturated heterocycles. The summed E-state index contributed by atoms with van der Waals surface area (Å²) < 4.78 is 44.6. The van der Waals surface area contributed by atoms with Crippen molar-refractivity contribution < 1.29 is 26.5 Å². The molecule has 0 saturated carbocycles.